The number of nitrogens with one attached hydrogen (secondary N) is 1. The molecule has 5 rings (SSSR count). The number of hydrogen-bond acceptors (Lipinski definition) is 6. The largest absolute Gasteiger partial charge is 0.416 e. The summed E-state index contributed by atoms with van der Waals surface area (Å²) in [7, 11) is 0. The maximum absolute atomic E-state index is 13.1. The van der Waals surface area contributed by atoms with Gasteiger partial charge in [0.15, 0.2) is 0 Å². The van der Waals surface area contributed by atoms with Gasteiger partial charge < -0.3 is 15.1 Å². The molecule has 3 unspecified atom stereocenters. The first-order valence-corrected chi connectivity index (χ1v) is 13.1. The molecular weight excluding hydrogens is 487 g/mol. The maximum Gasteiger partial charge on any atom is 0.416 e. The third kappa shape index (κ3) is 5.47. The van der Waals surface area contributed by atoms with Gasteiger partial charge in [0.1, 0.15) is 6.10 Å². The quantitative estimate of drug-likeness (QED) is 0.645. The highest BCUT2D eigenvalue weighted by Crippen LogP contribution is 2.32. The van der Waals surface area contributed by atoms with Crippen LogP contribution in [0.1, 0.15) is 54.6 Å². The van der Waals surface area contributed by atoms with Gasteiger partial charge in [0.25, 0.3) is 5.91 Å². The Morgan fingerprint density at radius 3 is 2.54 bits per heavy atom. The molecule has 2 amide bonds. The van der Waals surface area contributed by atoms with Crippen LogP contribution in [-0.4, -0.2) is 95.7 Å². The van der Waals surface area contributed by atoms with Gasteiger partial charge in [-0.25, -0.2) is 0 Å². The smallest absolute Gasteiger partial charge is 0.391 e. The summed E-state index contributed by atoms with van der Waals surface area (Å²) in [5, 5.41) is 7.18. The van der Waals surface area contributed by atoms with E-state index in [-0.39, 0.29) is 36.2 Å². The van der Waals surface area contributed by atoms with Gasteiger partial charge in [-0.15, -0.1) is 0 Å². The van der Waals surface area contributed by atoms with Crippen molar-refractivity contribution in [2.45, 2.75) is 69.9 Å². The summed E-state index contributed by atoms with van der Waals surface area (Å²) in [6.07, 6.45) is -1.06. The molecule has 0 aromatic heterocycles. The highest BCUT2D eigenvalue weighted by Gasteiger charge is 2.38. The Hall–Kier alpha value is -2.66. The van der Waals surface area contributed by atoms with Gasteiger partial charge in [-0.05, 0) is 57.2 Å². The van der Waals surface area contributed by atoms with E-state index in [0.29, 0.717) is 24.6 Å². The molecule has 202 valence electrons. The van der Waals surface area contributed by atoms with E-state index in [1.807, 2.05) is 6.92 Å². The second kappa shape index (κ2) is 10.2. The summed E-state index contributed by atoms with van der Waals surface area (Å²) in [4.78, 5) is 37.3. The molecule has 4 heterocycles. The molecule has 1 aromatic rings. The van der Waals surface area contributed by atoms with Gasteiger partial charge in [0.05, 0.1) is 23.9 Å². The number of rotatable bonds is 5. The number of carbonyl (C=O) groups is 2. The van der Waals surface area contributed by atoms with E-state index in [1.54, 1.807) is 0 Å². The van der Waals surface area contributed by atoms with Crippen molar-refractivity contribution in [3.63, 3.8) is 0 Å². The van der Waals surface area contributed by atoms with E-state index < -0.39 is 17.6 Å². The summed E-state index contributed by atoms with van der Waals surface area (Å²) < 4.78 is 39.3. The van der Waals surface area contributed by atoms with E-state index in [1.165, 1.54) is 11.0 Å². The van der Waals surface area contributed by atoms with Crippen LogP contribution in [-0.2, 0) is 22.2 Å². The molecule has 11 heteroatoms. The Morgan fingerprint density at radius 1 is 1.14 bits per heavy atom. The number of amides is 2. The maximum atomic E-state index is 13.1. The number of piperidine rings is 1. The second-order valence-electron chi connectivity index (χ2n) is 10.6. The Balaban J connectivity index is 1.10. The van der Waals surface area contributed by atoms with Crippen LogP contribution in [0.3, 0.4) is 0 Å². The normalized spacial score (nSPS) is 27.7. The van der Waals surface area contributed by atoms with E-state index in [0.717, 1.165) is 63.3 Å². The van der Waals surface area contributed by atoms with Gasteiger partial charge >= 0.3 is 6.18 Å². The van der Waals surface area contributed by atoms with Crippen molar-refractivity contribution in [3.05, 3.63) is 34.9 Å². The molecule has 0 spiro atoms. The Labute approximate surface area is 214 Å². The van der Waals surface area contributed by atoms with Crippen LogP contribution in [0.5, 0.6) is 0 Å². The van der Waals surface area contributed by atoms with Crippen LogP contribution in [0.2, 0.25) is 0 Å². The van der Waals surface area contributed by atoms with E-state index >= 15 is 0 Å². The highest BCUT2D eigenvalue weighted by atomic mass is 19.4. The van der Waals surface area contributed by atoms with Crippen LogP contribution in [0, 0.1) is 0 Å². The lowest BCUT2D eigenvalue weighted by molar-refractivity contribution is -0.137. The van der Waals surface area contributed by atoms with Crippen molar-refractivity contribution >= 4 is 17.5 Å². The predicted octanol–water partition coefficient (Wildman–Crippen LogP) is 2.52. The summed E-state index contributed by atoms with van der Waals surface area (Å²) in [5.41, 5.74) is 0.806. The Kier molecular flexibility index (Phi) is 7.19. The molecule has 4 aliphatic heterocycles. The number of oxime groups is 1. The zero-order valence-corrected chi connectivity index (χ0v) is 21.3. The Bertz CT molecular complexity index is 1070. The van der Waals surface area contributed by atoms with Gasteiger partial charge in [-0.3, -0.25) is 19.4 Å². The minimum absolute atomic E-state index is 0.00664. The Morgan fingerprint density at radius 2 is 1.86 bits per heavy atom. The molecule has 2 saturated heterocycles. The van der Waals surface area contributed by atoms with Crippen molar-refractivity contribution in [2.75, 3.05) is 39.3 Å². The fourth-order valence-corrected chi connectivity index (χ4v) is 6.24. The average Bonchev–Trinajstić information content (AvgIpc) is 3.46. The van der Waals surface area contributed by atoms with Crippen molar-refractivity contribution in [2.24, 2.45) is 5.16 Å². The molecule has 1 N–H and O–H groups in total. The number of halogens is 3. The lowest BCUT2D eigenvalue weighted by Crippen LogP contribution is -2.52. The fraction of sp³-hybridized carbons (Fsp3) is 0.654. The van der Waals surface area contributed by atoms with Crippen molar-refractivity contribution in [1.82, 2.24) is 20.0 Å². The minimum Gasteiger partial charge on any atom is -0.391 e. The minimum atomic E-state index is -4.52. The predicted molar refractivity (Wildman–Crippen MR) is 131 cm³/mol. The molecular formula is C26H34F3N5O3. The molecule has 0 aliphatic carbocycles. The fourth-order valence-electron chi connectivity index (χ4n) is 6.24. The van der Waals surface area contributed by atoms with E-state index in [2.05, 4.69) is 27.2 Å². The van der Waals surface area contributed by atoms with Crippen molar-refractivity contribution in [3.8, 4) is 0 Å². The monoisotopic (exact) mass is 521 g/mol. The first kappa shape index (κ1) is 26.0. The topological polar surface area (TPSA) is 77.5 Å². The first-order chi connectivity index (χ1) is 17.6. The number of benzene rings is 1. The number of carbonyl (C=O) groups excluding carboxylic acids is 2. The van der Waals surface area contributed by atoms with Crippen molar-refractivity contribution in [1.29, 1.82) is 0 Å². The highest BCUT2D eigenvalue weighted by molar-refractivity contribution is 5.99. The van der Waals surface area contributed by atoms with Gasteiger partial charge in [-0.1, -0.05) is 11.2 Å². The molecule has 8 nitrogen and oxygen atoms in total. The zero-order valence-electron chi connectivity index (χ0n) is 21.3. The number of fused-ring (bicyclic) bond motifs is 1. The third-order valence-corrected chi connectivity index (χ3v) is 8.17. The van der Waals surface area contributed by atoms with E-state index in [9.17, 15) is 22.8 Å². The lowest BCUT2D eigenvalue weighted by atomic mass is 9.96. The second-order valence-corrected chi connectivity index (χ2v) is 10.6. The molecule has 0 radical (unpaired) electrons. The standard InChI is InChI=1S/C26H34F3N5O3/c1-16-24(17(2)37-31-16)32-11-7-21(8-12-32)33-10-6-20(14-33)30-23(35)15-34-9-5-18-3-4-19(26(27,28)29)13-22(18)25(34)36/h3-4,13,17,20-21,24H,5-12,14-15H2,1-2H3,(H,30,35). The molecule has 37 heavy (non-hydrogen) atoms. The molecule has 4 aliphatic rings. The number of alkyl halides is 3. The summed E-state index contributed by atoms with van der Waals surface area (Å²) in [6.45, 7) is 7.89. The summed E-state index contributed by atoms with van der Waals surface area (Å²) in [6, 6.07) is 3.99. The van der Waals surface area contributed by atoms with E-state index in [4.69, 9.17) is 4.84 Å². The van der Waals surface area contributed by atoms with Crippen LogP contribution < -0.4 is 5.32 Å². The molecule has 1 aromatic carbocycles. The SMILES string of the molecule is CC1=NOC(C)C1N1CCC(N2CCC(NC(=O)CN3CCc4ccc(C(F)(F)F)cc4C3=O)C2)CC1. The number of hydrogen-bond donors (Lipinski definition) is 1. The van der Waals surface area contributed by atoms with Crippen LogP contribution in [0.25, 0.3) is 0 Å². The molecule has 0 bridgehead atoms. The van der Waals surface area contributed by atoms with Gasteiger partial charge in [0, 0.05) is 50.4 Å². The molecule has 3 atom stereocenters. The van der Waals surface area contributed by atoms with Crippen LogP contribution in [0.4, 0.5) is 13.2 Å². The number of likely N-dealkylation sites (tertiary alicyclic amines) is 2. The van der Waals surface area contributed by atoms with Crippen LogP contribution in [0.15, 0.2) is 23.4 Å². The lowest BCUT2D eigenvalue weighted by Gasteiger charge is -2.39. The van der Waals surface area contributed by atoms with Crippen LogP contribution >= 0.6 is 0 Å². The number of nitrogens with zero attached hydrogens (tertiary/aromatic N) is 4. The van der Waals surface area contributed by atoms with Crippen molar-refractivity contribution < 1.29 is 27.6 Å². The summed E-state index contributed by atoms with van der Waals surface area (Å²) in [5.74, 6) is -0.792. The molecule has 2 fully saturated rings. The van der Waals surface area contributed by atoms with Gasteiger partial charge in [-0.2, -0.15) is 13.2 Å². The average molecular weight is 522 g/mol. The van der Waals surface area contributed by atoms with Gasteiger partial charge in [0.2, 0.25) is 5.91 Å². The summed E-state index contributed by atoms with van der Waals surface area (Å²) >= 11 is 0. The molecule has 0 saturated carbocycles. The zero-order chi connectivity index (χ0) is 26.3. The third-order valence-electron chi connectivity index (χ3n) is 8.17. The first-order valence-electron chi connectivity index (χ1n) is 13.1.